The number of nitrogens with zero attached hydrogens (tertiary/aromatic N) is 2. The van der Waals surface area contributed by atoms with Gasteiger partial charge in [-0.15, -0.1) is 0 Å². The Morgan fingerprint density at radius 3 is 3.05 bits per heavy atom. The maximum atomic E-state index is 5.58. The summed E-state index contributed by atoms with van der Waals surface area (Å²) in [6.45, 7) is 0.258. The highest BCUT2D eigenvalue weighted by atomic mass is 79.9. The van der Waals surface area contributed by atoms with E-state index in [9.17, 15) is 0 Å². The molecule has 0 saturated heterocycles. The van der Waals surface area contributed by atoms with Crippen LogP contribution in [0.3, 0.4) is 0 Å². The number of thiophene rings is 1. The van der Waals surface area contributed by atoms with E-state index < -0.39 is 0 Å². The molecule has 19 heavy (non-hydrogen) atoms. The number of halogens is 1. The molecule has 0 aliphatic carbocycles. The van der Waals surface area contributed by atoms with Crippen molar-refractivity contribution in [1.29, 1.82) is 0 Å². The number of hydrogen-bond donors (Lipinski definition) is 0. The molecule has 2 heterocycles. The molecule has 1 aromatic carbocycles. The van der Waals surface area contributed by atoms with Gasteiger partial charge in [-0.2, -0.15) is 16.3 Å². The predicted octanol–water partition coefficient (Wildman–Crippen LogP) is 4.14. The van der Waals surface area contributed by atoms with Gasteiger partial charge in [0.1, 0.15) is 5.75 Å². The van der Waals surface area contributed by atoms with Crippen LogP contribution in [0.25, 0.3) is 11.4 Å². The van der Waals surface area contributed by atoms with E-state index in [0.29, 0.717) is 11.7 Å². The summed E-state index contributed by atoms with van der Waals surface area (Å²) in [6.07, 6.45) is 0. The SMILES string of the molecule is Brc1cccc(OCc2nc(-c3ccsc3)no2)c1. The Hall–Kier alpha value is -1.66. The Labute approximate surface area is 122 Å². The van der Waals surface area contributed by atoms with E-state index in [0.717, 1.165) is 15.8 Å². The van der Waals surface area contributed by atoms with Gasteiger partial charge in [0.25, 0.3) is 5.89 Å². The summed E-state index contributed by atoms with van der Waals surface area (Å²) < 4.78 is 11.7. The van der Waals surface area contributed by atoms with Gasteiger partial charge in [-0.1, -0.05) is 27.2 Å². The number of rotatable bonds is 4. The molecule has 2 aromatic heterocycles. The summed E-state index contributed by atoms with van der Waals surface area (Å²) in [7, 11) is 0. The van der Waals surface area contributed by atoms with E-state index in [1.54, 1.807) is 11.3 Å². The maximum absolute atomic E-state index is 5.58. The van der Waals surface area contributed by atoms with Crippen LogP contribution in [0.5, 0.6) is 5.75 Å². The first kappa shape index (κ1) is 12.4. The zero-order valence-electron chi connectivity index (χ0n) is 9.75. The highest BCUT2D eigenvalue weighted by Crippen LogP contribution is 2.21. The normalized spacial score (nSPS) is 10.6. The molecule has 0 amide bonds. The minimum Gasteiger partial charge on any atom is -0.484 e. The Bertz CT molecular complexity index is 667. The minimum atomic E-state index is 0.258. The third-order valence-electron chi connectivity index (χ3n) is 2.41. The Morgan fingerprint density at radius 1 is 1.32 bits per heavy atom. The molecular formula is C13H9BrN2O2S. The van der Waals surface area contributed by atoms with Crippen molar-refractivity contribution in [2.45, 2.75) is 6.61 Å². The fraction of sp³-hybridized carbons (Fsp3) is 0.0769. The van der Waals surface area contributed by atoms with Gasteiger partial charge in [0.05, 0.1) is 0 Å². The molecule has 0 unspecified atom stereocenters. The van der Waals surface area contributed by atoms with E-state index in [1.165, 1.54) is 0 Å². The smallest absolute Gasteiger partial charge is 0.264 e. The fourth-order valence-electron chi connectivity index (χ4n) is 1.52. The topological polar surface area (TPSA) is 48.2 Å². The van der Waals surface area contributed by atoms with E-state index in [-0.39, 0.29) is 6.61 Å². The molecule has 0 fully saturated rings. The molecule has 0 bridgehead atoms. The van der Waals surface area contributed by atoms with Gasteiger partial charge in [-0.3, -0.25) is 0 Å². The molecule has 4 nitrogen and oxygen atoms in total. The molecule has 6 heteroatoms. The third kappa shape index (κ3) is 3.02. The molecule has 0 saturated carbocycles. The molecule has 0 radical (unpaired) electrons. The second kappa shape index (κ2) is 5.54. The molecule has 0 aliphatic rings. The summed E-state index contributed by atoms with van der Waals surface area (Å²) >= 11 is 4.99. The standard InChI is InChI=1S/C13H9BrN2O2S/c14-10-2-1-3-11(6-10)17-7-12-15-13(16-18-12)9-4-5-19-8-9/h1-6,8H,7H2. The van der Waals surface area contributed by atoms with Crippen LogP contribution in [-0.2, 0) is 6.61 Å². The third-order valence-corrected chi connectivity index (χ3v) is 3.58. The van der Waals surface area contributed by atoms with Gasteiger partial charge in [0, 0.05) is 15.4 Å². The van der Waals surface area contributed by atoms with Crippen LogP contribution >= 0.6 is 27.3 Å². The summed E-state index contributed by atoms with van der Waals surface area (Å²) in [6, 6.07) is 9.56. The van der Waals surface area contributed by atoms with Gasteiger partial charge in [-0.05, 0) is 29.6 Å². The Kier molecular flexibility index (Phi) is 3.61. The zero-order valence-corrected chi connectivity index (χ0v) is 12.1. The van der Waals surface area contributed by atoms with E-state index in [2.05, 4.69) is 26.1 Å². The summed E-state index contributed by atoms with van der Waals surface area (Å²) in [5, 5.41) is 7.87. The lowest BCUT2D eigenvalue weighted by Crippen LogP contribution is -1.95. The van der Waals surface area contributed by atoms with Crippen molar-refractivity contribution in [2.75, 3.05) is 0 Å². The van der Waals surface area contributed by atoms with Crippen LogP contribution in [0.15, 0.2) is 50.1 Å². The number of benzene rings is 1. The van der Waals surface area contributed by atoms with Crippen LogP contribution in [0, 0.1) is 0 Å². The minimum absolute atomic E-state index is 0.258. The molecule has 96 valence electrons. The van der Waals surface area contributed by atoms with Crippen molar-refractivity contribution in [3.05, 3.63) is 51.5 Å². The average molecular weight is 337 g/mol. The molecule has 0 N–H and O–H groups in total. The zero-order chi connectivity index (χ0) is 13.1. The molecule has 3 aromatic rings. The van der Waals surface area contributed by atoms with Crippen LogP contribution in [-0.4, -0.2) is 10.1 Å². The van der Waals surface area contributed by atoms with Gasteiger partial charge in [-0.25, -0.2) is 0 Å². The first-order valence-electron chi connectivity index (χ1n) is 5.55. The average Bonchev–Trinajstić information content (AvgIpc) is 3.07. The van der Waals surface area contributed by atoms with Gasteiger partial charge in [0.15, 0.2) is 6.61 Å². The van der Waals surface area contributed by atoms with Gasteiger partial charge in [0.2, 0.25) is 5.82 Å². The lowest BCUT2D eigenvalue weighted by Gasteiger charge is -2.02. The van der Waals surface area contributed by atoms with Crippen LogP contribution in [0.4, 0.5) is 0 Å². The van der Waals surface area contributed by atoms with Crippen LogP contribution in [0.2, 0.25) is 0 Å². The largest absolute Gasteiger partial charge is 0.484 e. The molecule has 0 aliphatic heterocycles. The first-order chi connectivity index (χ1) is 9.31. The lowest BCUT2D eigenvalue weighted by atomic mass is 10.3. The number of hydrogen-bond acceptors (Lipinski definition) is 5. The van der Waals surface area contributed by atoms with Gasteiger partial charge >= 0.3 is 0 Å². The van der Waals surface area contributed by atoms with E-state index >= 15 is 0 Å². The summed E-state index contributed by atoms with van der Waals surface area (Å²) in [4.78, 5) is 4.28. The fourth-order valence-corrected chi connectivity index (χ4v) is 2.54. The van der Waals surface area contributed by atoms with Crippen molar-refractivity contribution < 1.29 is 9.26 Å². The lowest BCUT2D eigenvalue weighted by molar-refractivity contribution is 0.243. The Balaban J connectivity index is 1.68. The second-order valence-corrected chi connectivity index (χ2v) is 5.47. The highest BCUT2D eigenvalue weighted by molar-refractivity contribution is 9.10. The van der Waals surface area contributed by atoms with E-state index in [4.69, 9.17) is 9.26 Å². The summed E-state index contributed by atoms with van der Waals surface area (Å²) in [5.41, 5.74) is 0.961. The van der Waals surface area contributed by atoms with Crippen LogP contribution < -0.4 is 4.74 Å². The molecule has 0 atom stereocenters. The van der Waals surface area contributed by atoms with Gasteiger partial charge < -0.3 is 9.26 Å². The number of ether oxygens (including phenoxy) is 1. The molecule has 0 spiro atoms. The predicted molar refractivity (Wildman–Crippen MR) is 76.1 cm³/mol. The summed E-state index contributed by atoms with van der Waals surface area (Å²) in [5.74, 6) is 1.81. The highest BCUT2D eigenvalue weighted by Gasteiger charge is 2.09. The maximum Gasteiger partial charge on any atom is 0.264 e. The second-order valence-electron chi connectivity index (χ2n) is 3.77. The van der Waals surface area contributed by atoms with Crippen molar-refractivity contribution in [2.24, 2.45) is 0 Å². The van der Waals surface area contributed by atoms with Crippen molar-refractivity contribution in [3.63, 3.8) is 0 Å². The monoisotopic (exact) mass is 336 g/mol. The van der Waals surface area contributed by atoms with Crippen LogP contribution in [0.1, 0.15) is 5.89 Å². The molecular weight excluding hydrogens is 328 g/mol. The number of aromatic nitrogens is 2. The van der Waals surface area contributed by atoms with Crippen molar-refractivity contribution in [1.82, 2.24) is 10.1 Å². The van der Waals surface area contributed by atoms with Crippen molar-refractivity contribution in [3.8, 4) is 17.1 Å². The first-order valence-corrected chi connectivity index (χ1v) is 7.28. The Morgan fingerprint density at radius 2 is 2.26 bits per heavy atom. The van der Waals surface area contributed by atoms with Crippen molar-refractivity contribution >= 4 is 27.3 Å². The van der Waals surface area contributed by atoms with E-state index in [1.807, 2.05) is 41.1 Å². The molecule has 3 rings (SSSR count). The quantitative estimate of drug-likeness (QED) is 0.718.